The van der Waals surface area contributed by atoms with Crippen molar-refractivity contribution in [2.45, 2.75) is 152 Å². The van der Waals surface area contributed by atoms with Gasteiger partial charge in [0.15, 0.2) is 24.6 Å². The van der Waals surface area contributed by atoms with Crippen molar-refractivity contribution in [2.75, 3.05) is 52.4 Å². The number of aryl methyl sites for hydroxylation is 2. The van der Waals surface area contributed by atoms with Crippen LogP contribution in [0.2, 0.25) is 0 Å². The van der Waals surface area contributed by atoms with Gasteiger partial charge < -0.3 is 37.9 Å². The van der Waals surface area contributed by atoms with Gasteiger partial charge in [-0.15, -0.1) is 20.4 Å². The molecule has 2 amide bonds. The van der Waals surface area contributed by atoms with Gasteiger partial charge in [0, 0.05) is 62.9 Å². The molecule has 0 bridgehead atoms. The molecular formula is C52H66F2N8O6. The number of carbonyl (C=O) groups is 2. The Morgan fingerprint density at radius 2 is 0.956 bits per heavy atom. The average molecular weight is 937 g/mol. The molecule has 68 heavy (non-hydrogen) atoms. The third-order valence-electron chi connectivity index (χ3n) is 16.8. The molecule has 4 saturated heterocycles. The number of para-hydroxylation sites is 2. The van der Waals surface area contributed by atoms with Crippen LogP contribution >= 0.6 is 0 Å². The van der Waals surface area contributed by atoms with Gasteiger partial charge in [0.25, 0.3) is 23.6 Å². The van der Waals surface area contributed by atoms with Crippen molar-refractivity contribution in [3.8, 4) is 11.5 Å². The summed E-state index contributed by atoms with van der Waals surface area (Å²) in [4.78, 5) is 33.4. The van der Waals surface area contributed by atoms with Crippen LogP contribution < -0.4 is 9.47 Å². The average Bonchev–Trinajstić information content (AvgIpc) is 3.89. The van der Waals surface area contributed by atoms with Gasteiger partial charge in [-0.2, -0.15) is 0 Å². The van der Waals surface area contributed by atoms with Crippen molar-refractivity contribution in [3.05, 3.63) is 83.2 Å². The van der Waals surface area contributed by atoms with Crippen LogP contribution in [0.1, 0.15) is 136 Å². The molecule has 14 nitrogen and oxygen atoms in total. The first kappa shape index (κ1) is 45.5. The summed E-state index contributed by atoms with van der Waals surface area (Å²) in [5, 5.41) is 15.8. The number of nitrogens with zero attached hydrogens (tertiary/aromatic N) is 8. The first-order valence-electron chi connectivity index (χ1n) is 25.3. The van der Waals surface area contributed by atoms with E-state index in [0.29, 0.717) is 73.2 Å². The number of ether oxygens (including phenoxy) is 2. The van der Waals surface area contributed by atoms with Crippen LogP contribution in [-0.4, -0.2) is 128 Å². The Kier molecular flexibility index (Phi) is 12.1. The summed E-state index contributed by atoms with van der Waals surface area (Å²) in [6, 6.07) is 17.8. The molecule has 12 rings (SSSR count). The van der Waals surface area contributed by atoms with Gasteiger partial charge in [-0.05, 0) is 151 Å². The van der Waals surface area contributed by atoms with Crippen LogP contribution in [0.4, 0.5) is 8.78 Å². The number of alkyl halides is 2. The molecule has 2 aromatic carbocycles. The lowest BCUT2D eigenvalue weighted by molar-refractivity contribution is -0.151. The Balaban J connectivity index is 0.000000149. The Bertz CT molecular complexity index is 2280. The second kappa shape index (κ2) is 18.1. The molecule has 364 valence electrons. The predicted molar refractivity (Wildman–Crippen MR) is 246 cm³/mol. The summed E-state index contributed by atoms with van der Waals surface area (Å²) in [5.74, 6) is 4.32. The van der Waals surface area contributed by atoms with Gasteiger partial charge in [0.2, 0.25) is 11.8 Å². The number of benzene rings is 2. The zero-order chi connectivity index (χ0) is 46.7. The molecular weight excluding hydrogens is 871 g/mol. The molecule has 8 fully saturated rings. The van der Waals surface area contributed by atoms with Gasteiger partial charge in [0.1, 0.15) is 11.5 Å². The number of hydrogen-bond donors (Lipinski definition) is 0. The Morgan fingerprint density at radius 3 is 1.31 bits per heavy atom. The molecule has 4 aliphatic heterocycles. The summed E-state index contributed by atoms with van der Waals surface area (Å²) in [6.45, 7) is 11.5. The smallest absolute Gasteiger partial charge is 0.260 e. The van der Waals surface area contributed by atoms with E-state index in [2.05, 4.69) is 54.5 Å². The van der Waals surface area contributed by atoms with Gasteiger partial charge in [0.05, 0.1) is 0 Å². The van der Waals surface area contributed by atoms with Crippen LogP contribution in [-0.2, 0) is 22.8 Å². The van der Waals surface area contributed by atoms with E-state index in [9.17, 15) is 18.4 Å². The summed E-state index contributed by atoms with van der Waals surface area (Å²) in [6.07, 6.45) is 13.1. The van der Waals surface area contributed by atoms with Gasteiger partial charge >= 0.3 is 0 Å². The number of aromatic nitrogens is 4. The van der Waals surface area contributed by atoms with Crippen molar-refractivity contribution >= 4 is 11.8 Å². The SMILES string of the molecule is Cc1nnc(COc2ccccc2C2CCN([C@@H]3CCC4(C3)CN(C(=O)C3(F)CC3)C4)CC2)o1.Cc1nnc(COc2ccccc2C2CCN([C@H]3CCC4(C3)CN(C(=O)C3(F)CC3)C4)CC2)o1. The fraction of sp³-hybridized carbons (Fsp3) is 0.654. The van der Waals surface area contributed by atoms with Crippen molar-refractivity contribution in [1.29, 1.82) is 0 Å². The minimum absolute atomic E-state index is 0.232. The summed E-state index contributed by atoms with van der Waals surface area (Å²) < 4.78 is 51.2. The number of halogens is 2. The van der Waals surface area contributed by atoms with E-state index in [-0.39, 0.29) is 35.9 Å². The maximum Gasteiger partial charge on any atom is 0.260 e. The van der Waals surface area contributed by atoms with Crippen molar-refractivity contribution < 1.29 is 36.7 Å². The standard InChI is InChI=1S/2C26H33FN4O3/c2*1-18-28-29-23(34-18)15-33-22-5-3-2-4-21(22)19-7-12-30(13-8-19)20-6-9-25(14-20)16-31(17-25)24(32)26(27)10-11-26/h2*2-5,19-20H,6-17H2,1H3/t2*20-/m10/s1. The summed E-state index contributed by atoms with van der Waals surface area (Å²) in [7, 11) is 0. The van der Waals surface area contributed by atoms with Crippen molar-refractivity contribution in [2.24, 2.45) is 10.8 Å². The molecule has 0 unspecified atom stereocenters. The molecule has 0 N–H and O–H groups in total. The summed E-state index contributed by atoms with van der Waals surface area (Å²) in [5.41, 5.74) is -0.0619. The normalized spacial score (nSPS) is 25.9. The highest BCUT2D eigenvalue weighted by molar-refractivity contribution is 5.89. The first-order valence-corrected chi connectivity index (χ1v) is 25.3. The maximum absolute atomic E-state index is 14.1. The topological polar surface area (TPSA) is 143 Å². The van der Waals surface area contributed by atoms with Crippen LogP contribution in [0.15, 0.2) is 57.4 Å². The van der Waals surface area contributed by atoms with Crippen LogP contribution in [0.25, 0.3) is 0 Å². The van der Waals surface area contributed by atoms with Gasteiger partial charge in [-0.1, -0.05) is 36.4 Å². The quantitative estimate of drug-likeness (QED) is 0.136. The van der Waals surface area contributed by atoms with Crippen molar-refractivity contribution in [1.82, 2.24) is 40.0 Å². The molecule has 4 aromatic rings. The van der Waals surface area contributed by atoms with Gasteiger partial charge in [-0.3, -0.25) is 9.59 Å². The Hall–Kier alpha value is -4.96. The van der Waals surface area contributed by atoms with Gasteiger partial charge in [-0.25, -0.2) is 8.78 Å². The third kappa shape index (κ3) is 9.39. The molecule has 4 aliphatic carbocycles. The predicted octanol–water partition coefficient (Wildman–Crippen LogP) is 8.04. The van der Waals surface area contributed by atoms with E-state index >= 15 is 0 Å². The number of piperidine rings is 2. The first-order chi connectivity index (χ1) is 32.9. The lowest BCUT2D eigenvalue weighted by Crippen LogP contribution is -2.60. The second-order valence-corrected chi connectivity index (χ2v) is 21.7. The fourth-order valence-corrected chi connectivity index (χ4v) is 12.7. The highest BCUT2D eigenvalue weighted by atomic mass is 19.1. The molecule has 2 aromatic heterocycles. The number of likely N-dealkylation sites (tertiary alicyclic amines) is 4. The molecule has 2 spiro atoms. The maximum atomic E-state index is 14.1. The van der Waals surface area contributed by atoms with E-state index < -0.39 is 11.3 Å². The molecule has 8 aliphatic rings. The number of rotatable bonds is 12. The molecule has 4 saturated carbocycles. The van der Waals surface area contributed by atoms with E-state index in [1.807, 2.05) is 24.3 Å². The highest BCUT2D eigenvalue weighted by Gasteiger charge is 2.60. The number of carbonyl (C=O) groups excluding carboxylic acids is 2. The number of hydrogen-bond acceptors (Lipinski definition) is 12. The van der Waals surface area contributed by atoms with E-state index in [0.717, 1.165) is 115 Å². The van der Waals surface area contributed by atoms with Crippen LogP contribution in [0, 0.1) is 24.7 Å². The Labute approximate surface area is 397 Å². The van der Waals surface area contributed by atoms with E-state index in [4.69, 9.17) is 18.3 Å². The van der Waals surface area contributed by atoms with Crippen LogP contribution in [0.3, 0.4) is 0 Å². The van der Waals surface area contributed by atoms with E-state index in [1.165, 1.54) is 24.0 Å². The molecule has 6 heterocycles. The van der Waals surface area contributed by atoms with Crippen molar-refractivity contribution in [3.63, 3.8) is 0 Å². The largest absolute Gasteiger partial charge is 0.484 e. The fourth-order valence-electron chi connectivity index (χ4n) is 12.7. The number of amides is 2. The summed E-state index contributed by atoms with van der Waals surface area (Å²) >= 11 is 0. The lowest BCUT2D eigenvalue weighted by Gasteiger charge is -2.49. The Morgan fingerprint density at radius 1 is 0.574 bits per heavy atom. The lowest BCUT2D eigenvalue weighted by atomic mass is 9.77. The third-order valence-corrected chi connectivity index (χ3v) is 16.8. The molecule has 2 atom stereocenters. The molecule has 16 heteroatoms. The molecule has 0 radical (unpaired) electrons. The zero-order valence-corrected chi connectivity index (χ0v) is 39.7. The zero-order valence-electron chi connectivity index (χ0n) is 39.7. The minimum Gasteiger partial charge on any atom is -0.484 e. The highest BCUT2D eigenvalue weighted by Crippen LogP contribution is 2.53. The monoisotopic (exact) mass is 937 g/mol. The second-order valence-electron chi connectivity index (χ2n) is 21.7. The minimum atomic E-state index is -1.52. The van der Waals surface area contributed by atoms with Crippen LogP contribution in [0.5, 0.6) is 11.5 Å². The van der Waals surface area contributed by atoms with E-state index in [1.54, 1.807) is 23.6 Å².